The van der Waals surface area contributed by atoms with Crippen LogP contribution in [-0.4, -0.2) is 59.5 Å². The van der Waals surface area contributed by atoms with Crippen LogP contribution < -0.4 is 15.4 Å². The summed E-state index contributed by atoms with van der Waals surface area (Å²) >= 11 is 0. The van der Waals surface area contributed by atoms with E-state index in [4.69, 9.17) is 4.74 Å². The topological polar surface area (TPSA) is 91.8 Å². The Bertz CT molecular complexity index is 439. The summed E-state index contributed by atoms with van der Waals surface area (Å²) in [5.74, 6) is 1.27. The van der Waals surface area contributed by atoms with Gasteiger partial charge in [-0.15, -0.1) is 24.0 Å². The predicted molar refractivity (Wildman–Crippen MR) is 107 cm³/mol. The van der Waals surface area contributed by atoms with E-state index in [9.17, 15) is 8.42 Å². The number of hydrogen-bond donors (Lipinski definition) is 3. The summed E-state index contributed by atoms with van der Waals surface area (Å²) in [6.07, 6.45) is 2.20. The zero-order valence-corrected chi connectivity index (χ0v) is 18.2. The SMILES string of the molecule is CN=C(NCCOCCC(C)C)NCC(C)(C)NS(C)(=O)=O.I. The van der Waals surface area contributed by atoms with Gasteiger partial charge in [-0.25, -0.2) is 13.1 Å². The van der Waals surface area contributed by atoms with Crippen molar-refractivity contribution in [3.8, 4) is 0 Å². The van der Waals surface area contributed by atoms with Crippen LogP contribution in [0, 0.1) is 5.92 Å². The lowest BCUT2D eigenvalue weighted by atomic mass is 10.1. The Hall–Kier alpha value is -0.130. The molecule has 0 fully saturated rings. The minimum atomic E-state index is -3.24. The third-order valence-corrected chi connectivity index (χ3v) is 3.68. The Morgan fingerprint density at radius 1 is 1.22 bits per heavy atom. The molecule has 0 aliphatic carbocycles. The number of guanidine groups is 1. The minimum absolute atomic E-state index is 0. The van der Waals surface area contributed by atoms with Crippen LogP contribution in [-0.2, 0) is 14.8 Å². The van der Waals surface area contributed by atoms with Crippen molar-refractivity contribution in [2.45, 2.75) is 39.7 Å². The van der Waals surface area contributed by atoms with Gasteiger partial charge in [0.1, 0.15) is 0 Å². The van der Waals surface area contributed by atoms with Crippen LogP contribution in [0.5, 0.6) is 0 Å². The second-order valence-corrected chi connectivity index (χ2v) is 8.15. The van der Waals surface area contributed by atoms with Crippen LogP contribution in [0.15, 0.2) is 4.99 Å². The first-order valence-corrected chi connectivity index (χ1v) is 9.46. The number of rotatable bonds is 10. The average molecular weight is 464 g/mol. The Kier molecular flexibility index (Phi) is 13.4. The lowest BCUT2D eigenvalue weighted by molar-refractivity contribution is 0.128. The van der Waals surface area contributed by atoms with Crippen molar-refractivity contribution in [3.05, 3.63) is 0 Å². The van der Waals surface area contributed by atoms with E-state index in [0.29, 0.717) is 31.6 Å². The standard InChI is InChI=1S/C14H32N4O3S.HI/c1-12(2)7-9-21-10-8-16-13(15-5)17-11-14(3,4)18-22(6,19)20;/h12,18H,7-11H2,1-6H3,(H2,15,16,17);1H. The van der Waals surface area contributed by atoms with Gasteiger partial charge in [0.05, 0.1) is 12.9 Å². The Morgan fingerprint density at radius 2 is 1.83 bits per heavy atom. The van der Waals surface area contributed by atoms with Crippen LogP contribution in [0.2, 0.25) is 0 Å². The molecule has 0 aromatic carbocycles. The fourth-order valence-corrected chi connectivity index (χ4v) is 2.80. The molecule has 0 spiro atoms. The Labute approximate surface area is 158 Å². The highest BCUT2D eigenvalue weighted by Crippen LogP contribution is 2.01. The summed E-state index contributed by atoms with van der Waals surface area (Å²) in [4.78, 5) is 4.10. The number of nitrogens with zero attached hydrogens (tertiary/aromatic N) is 1. The maximum Gasteiger partial charge on any atom is 0.209 e. The molecule has 3 N–H and O–H groups in total. The zero-order valence-electron chi connectivity index (χ0n) is 15.1. The van der Waals surface area contributed by atoms with E-state index >= 15 is 0 Å². The van der Waals surface area contributed by atoms with Crippen molar-refractivity contribution in [1.29, 1.82) is 0 Å². The first-order valence-electron chi connectivity index (χ1n) is 7.57. The van der Waals surface area contributed by atoms with Crippen LogP contribution in [0.1, 0.15) is 34.1 Å². The highest BCUT2D eigenvalue weighted by Gasteiger charge is 2.22. The second-order valence-electron chi connectivity index (χ2n) is 6.41. The summed E-state index contributed by atoms with van der Waals surface area (Å²) in [6.45, 7) is 10.4. The molecule has 23 heavy (non-hydrogen) atoms. The van der Waals surface area contributed by atoms with Crippen molar-refractivity contribution in [2.75, 3.05) is 39.6 Å². The molecule has 0 aromatic rings. The molecule has 9 heteroatoms. The normalized spacial score (nSPS) is 12.9. The van der Waals surface area contributed by atoms with Gasteiger partial charge in [0, 0.05) is 32.3 Å². The van der Waals surface area contributed by atoms with E-state index in [2.05, 4.69) is 34.2 Å². The molecular weight excluding hydrogens is 431 g/mol. The zero-order chi connectivity index (χ0) is 17.2. The predicted octanol–water partition coefficient (Wildman–Crippen LogP) is 1.16. The first kappa shape index (κ1) is 25.1. The van der Waals surface area contributed by atoms with E-state index in [1.54, 1.807) is 7.05 Å². The van der Waals surface area contributed by atoms with Gasteiger partial charge in [-0.1, -0.05) is 13.8 Å². The molecule has 0 aliphatic rings. The summed E-state index contributed by atoms with van der Waals surface area (Å²) in [7, 11) is -1.57. The lowest BCUT2D eigenvalue weighted by Crippen LogP contribution is -2.53. The number of nitrogens with one attached hydrogen (secondary N) is 3. The van der Waals surface area contributed by atoms with Gasteiger partial charge < -0.3 is 15.4 Å². The molecular formula is C14H33IN4O3S. The van der Waals surface area contributed by atoms with E-state index in [-0.39, 0.29) is 24.0 Å². The number of sulfonamides is 1. The molecule has 0 aliphatic heterocycles. The Balaban J connectivity index is 0. The molecule has 0 aromatic heterocycles. The van der Waals surface area contributed by atoms with Crippen molar-refractivity contribution < 1.29 is 13.2 Å². The highest BCUT2D eigenvalue weighted by molar-refractivity contribution is 14.0. The third-order valence-electron chi connectivity index (χ3n) is 2.76. The molecule has 0 amide bonds. The molecule has 0 rings (SSSR count). The summed E-state index contributed by atoms with van der Waals surface area (Å²) in [6, 6.07) is 0. The highest BCUT2D eigenvalue weighted by atomic mass is 127. The van der Waals surface area contributed by atoms with Gasteiger partial charge in [-0.3, -0.25) is 4.99 Å². The number of hydrogen-bond acceptors (Lipinski definition) is 4. The fourth-order valence-electron chi connectivity index (χ4n) is 1.73. The largest absolute Gasteiger partial charge is 0.380 e. The van der Waals surface area contributed by atoms with Crippen LogP contribution in [0.4, 0.5) is 0 Å². The van der Waals surface area contributed by atoms with Gasteiger partial charge >= 0.3 is 0 Å². The quantitative estimate of drug-likeness (QED) is 0.195. The Morgan fingerprint density at radius 3 is 2.30 bits per heavy atom. The lowest BCUT2D eigenvalue weighted by Gasteiger charge is -2.26. The monoisotopic (exact) mass is 464 g/mol. The minimum Gasteiger partial charge on any atom is -0.380 e. The molecule has 0 heterocycles. The van der Waals surface area contributed by atoms with Crippen LogP contribution in [0.25, 0.3) is 0 Å². The van der Waals surface area contributed by atoms with E-state index in [1.807, 2.05) is 13.8 Å². The van der Waals surface area contributed by atoms with Crippen LogP contribution >= 0.6 is 24.0 Å². The van der Waals surface area contributed by atoms with Gasteiger partial charge in [0.25, 0.3) is 0 Å². The smallest absolute Gasteiger partial charge is 0.209 e. The van der Waals surface area contributed by atoms with E-state index in [0.717, 1.165) is 19.3 Å². The van der Waals surface area contributed by atoms with Crippen molar-refractivity contribution in [1.82, 2.24) is 15.4 Å². The molecule has 0 saturated heterocycles. The maximum absolute atomic E-state index is 11.3. The third kappa shape index (κ3) is 16.5. The maximum atomic E-state index is 11.3. The summed E-state index contributed by atoms with van der Waals surface area (Å²) in [5, 5.41) is 6.23. The molecule has 0 unspecified atom stereocenters. The molecule has 0 bridgehead atoms. The summed E-state index contributed by atoms with van der Waals surface area (Å²) in [5.41, 5.74) is -0.598. The first-order chi connectivity index (χ1) is 10.1. The van der Waals surface area contributed by atoms with Gasteiger partial charge in [0.15, 0.2) is 5.96 Å². The molecule has 140 valence electrons. The molecule has 0 radical (unpaired) electrons. The van der Waals surface area contributed by atoms with Gasteiger partial charge in [-0.2, -0.15) is 0 Å². The number of ether oxygens (including phenoxy) is 1. The second kappa shape index (κ2) is 12.3. The van der Waals surface area contributed by atoms with Gasteiger partial charge in [0.2, 0.25) is 10.0 Å². The van der Waals surface area contributed by atoms with E-state index in [1.165, 1.54) is 0 Å². The average Bonchev–Trinajstić information content (AvgIpc) is 2.33. The molecule has 7 nitrogen and oxygen atoms in total. The summed E-state index contributed by atoms with van der Waals surface area (Å²) < 4.78 is 30.6. The van der Waals surface area contributed by atoms with Crippen molar-refractivity contribution in [3.63, 3.8) is 0 Å². The van der Waals surface area contributed by atoms with Crippen molar-refractivity contribution >= 4 is 40.0 Å². The fraction of sp³-hybridized carbons (Fsp3) is 0.929. The van der Waals surface area contributed by atoms with Crippen molar-refractivity contribution in [2.24, 2.45) is 10.9 Å². The van der Waals surface area contributed by atoms with Crippen LogP contribution in [0.3, 0.4) is 0 Å². The van der Waals surface area contributed by atoms with Gasteiger partial charge in [-0.05, 0) is 26.2 Å². The van der Waals surface area contributed by atoms with E-state index < -0.39 is 15.6 Å². The molecule has 0 saturated carbocycles. The number of aliphatic imine (C=N–C) groups is 1. The molecule has 0 atom stereocenters. The number of halogens is 1.